The first-order chi connectivity index (χ1) is 15.4. The minimum Gasteiger partial charge on any atom is -0.494 e. The summed E-state index contributed by atoms with van der Waals surface area (Å²) in [5.74, 6) is 1.13. The van der Waals surface area contributed by atoms with Gasteiger partial charge >= 0.3 is 13.8 Å². The first-order valence-corrected chi connectivity index (χ1v) is 16.3. The molecule has 3 rings (SSSR count). The smallest absolute Gasteiger partial charge is 0.478 e. The second-order valence-electron chi connectivity index (χ2n) is 7.44. The van der Waals surface area contributed by atoms with Crippen LogP contribution in [-0.4, -0.2) is 46.5 Å². The van der Waals surface area contributed by atoms with Crippen LogP contribution in [0.1, 0.15) is 38.7 Å². The molecule has 1 fully saturated rings. The molecule has 0 radical (unpaired) electrons. The fraction of sp³-hybridized carbons (Fsp3) is 0.500. The molecule has 7 nitrogen and oxygen atoms in total. The third kappa shape index (κ3) is 7.07. The van der Waals surface area contributed by atoms with Crippen molar-refractivity contribution in [3.8, 4) is 5.75 Å². The Morgan fingerprint density at radius 2 is 2.03 bits per heavy atom. The summed E-state index contributed by atoms with van der Waals surface area (Å²) in [5, 5.41) is 2.07. The van der Waals surface area contributed by atoms with Gasteiger partial charge in [0.25, 0.3) is 0 Å². The van der Waals surface area contributed by atoms with E-state index in [4.69, 9.17) is 23.0 Å². The Morgan fingerprint density at radius 1 is 1.25 bits per heavy atom. The van der Waals surface area contributed by atoms with Crippen LogP contribution in [0.2, 0.25) is 6.04 Å². The van der Waals surface area contributed by atoms with E-state index in [1.807, 2.05) is 36.4 Å². The van der Waals surface area contributed by atoms with Crippen LogP contribution in [0.4, 0.5) is 0 Å². The van der Waals surface area contributed by atoms with E-state index in [2.05, 4.69) is 18.1 Å². The maximum absolute atomic E-state index is 12.6. The largest absolute Gasteiger partial charge is 0.494 e. The van der Waals surface area contributed by atoms with Gasteiger partial charge < -0.3 is 9.47 Å². The van der Waals surface area contributed by atoms with Gasteiger partial charge in [-0.15, -0.1) is 0 Å². The monoisotopic (exact) mass is 498 g/mol. The lowest BCUT2D eigenvalue weighted by Gasteiger charge is -2.16. The molecule has 1 aliphatic heterocycles. The third-order valence-corrected chi connectivity index (χ3v) is 10.6. The zero-order chi connectivity index (χ0) is 23.0. The van der Waals surface area contributed by atoms with Crippen molar-refractivity contribution in [1.29, 1.82) is 0 Å². The predicted octanol–water partition coefficient (Wildman–Crippen LogP) is 5.03. The third-order valence-electron chi connectivity index (χ3n) is 4.89. The van der Waals surface area contributed by atoms with Crippen LogP contribution in [0.15, 0.2) is 36.4 Å². The number of esters is 1. The highest BCUT2D eigenvalue weighted by Crippen LogP contribution is 2.55. The summed E-state index contributed by atoms with van der Waals surface area (Å²) in [6.07, 6.45) is 0.200. The van der Waals surface area contributed by atoms with E-state index in [1.54, 1.807) is 13.8 Å². The van der Waals surface area contributed by atoms with Gasteiger partial charge in [-0.2, -0.15) is 11.2 Å². The number of carbonyl (C=O) groups is 1. The van der Waals surface area contributed by atoms with Gasteiger partial charge in [0.1, 0.15) is 12.4 Å². The lowest BCUT2D eigenvalue weighted by atomic mass is 9.98. The lowest BCUT2D eigenvalue weighted by molar-refractivity contribution is -0.163. The summed E-state index contributed by atoms with van der Waals surface area (Å²) in [5.41, 5.74) is 0.821. The molecule has 2 aromatic carbocycles. The quantitative estimate of drug-likeness (QED) is 0.175. The molecule has 0 N–H and O–H groups in total. The second kappa shape index (κ2) is 12.2. The van der Waals surface area contributed by atoms with Crippen LogP contribution < -0.4 is 4.74 Å². The summed E-state index contributed by atoms with van der Waals surface area (Å²) in [6.45, 7) is 6.48. The molecule has 2 aromatic rings. The van der Waals surface area contributed by atoms with Gasteiger partial charge in [-0.3, -0.25) is 13.8 Å². The zero-order valence-corrected chi connectivity index (χ0v) is 21.9. The average molecular weight is 499 g/mol. The highest BCUT2D eigenvalue weighted by molar-refractivity contribution is 8.22. The number of phosphoric ester groups is 1. The predicted molar refractivity (Wildman–Crippen MR) is 130 cm³/mol. The number of rotatable bonds is 12. The van der Waals surface area contributed by atoms with Crippen LogP contribution in [-0.2, 0) is 27.7 Å². The minimum atomic E-state index is -3.63. The van der Waals surface area contributed by atoms with Crippen molar-refractivity contribution in [1.82, 2.24) is 0 Å². The SMILES string of the molecule is CCCS[SiH2]CCOc1ccc2cc(C(C)C(=O)OC3COP(=O)(OCC)O3)ccc2c1. The molecule has 0 spiro atoms. The molecule has 0 saturated carbocycles. The standard InChI is InChI=1S/C22H31O7PSSi/c1-4-11-31-32-12-10-25-20-9-8-18-13-17(6-7-19(18)14-20)16(3)22(23)28-21-15-27-30(24,29-21)26-5-2/h6-9,13-14,16,21H,4-5,10-12,15,32H2,1-3H3. The number of fused-ring (bicyclic) bond motifs is 1. The molecule has 3 unspecified atom stereocenters. The number of ether oxygens (including phenoxy) is 2. The summed E-state index contributed by atoms with van der Waals surface area (Å²) in [4.78, 5) is 12.6. The van der Waals surface area contributed by atoms with Crippen LogP contribution in [0.25, 0.3) is 10.8 Å². The van der Waals surface area contributed by atoms with Crippen molar-refractivity contribution in [3.05, 3.63) is 42.0 Å². The Hall–Kier alpha value is -1.35. The summed E-state index contributed by atoms with van der Waals surface area (Å²) < 4.78 is 38.4. The topological polar surface area (TPSA) is 80.3 Å². The fourth-order valence-corrected chi connectivity index (χ4v) is 7.82. The first-order valence-electron chi connectivity index (χ1n) is 11.0. The van der Waals surface area contributed by atoms with E-state index in [0.29, 0.717) is 0 Å². The van der Waals surface area contributed by atoms with Crippen molar-refractivity contribution in [2.75, 3.05) is 25.6 Å². The summed E-state index contributed by atoms with van der Waals surface area (Å²) in [6, 6.07) is 13.0. The normalized spacial score (nSPS) is 21.9. The van der Waals surface area contributed by atoms with E-state index in [9.17, 15) is 9.36 Å². The minimum absolute atomic E-state index is 0.0879. The van der Waals surface area contributed by atoms with Crippen molar-refractivity contribution in [2.24, 2.45) is 0 Å². The van der Waals surface area contributed by atoms with Crippen molar-refractivity contribution >= 4 is 44.4 Å². The van der Waals surface area contributed by atoms with Crippen LogP contribution in [0, 0.1) is 0 Å². The molecule has 0 bridgehead atoms. The number of benzene rings is 2. The highest BCUT2D eigenvalue weighted by atomic mass is 32.4. The molecule has 0 amide bonds. The first kappa shape index (κ1) is 25.3. The maximum Gasteiger partial charge on any atom is 0.478 e. The second-order valence-corrected chi connectivity index (χ2v) is 13.4. The Kier molecular flexibility index (Phi) is 9.64. The number of carbonyl (C=O) groups excluding carboxylic acids is 1. The fourth-order valence-electron chi connectivity index (χ4n) is 3.20. The molecule has 32 heavy (non-hydrogen) atoms. The van der Waals surface area contributed by atoms with Crippen LogP contribution >= 0.6 is 19.0 Å². The van der Waals surface area contributed by atoms with Crippen LogP contribution in [0.3, 0.4) is 0 Å². The Bertz CT molecular complexity index is 957. The van der Waals surface area contributed by atoms with Gasteiger partial charge in [-0.05, 0) is 60.5 Å². The molecule has 0 aliphatic carbocycles. The lowest BCUT2D eigenvalue weighted by Crippen LogP contribution is -2.23. The van der Waals surface area contributed by atoms with Gasteiger partial charge in [0, 0.05) is 0 Å². The van der Waals surface area contributed by atoms with E-state index in [1.165, 1.54) is 12.2 Å². The molecule has 1 heterocycles. The van der Waals surface area contributed by atoms with Gasteiger partial charge in [-0.1, -0.05) is 31.2 Å². The number of hydrogen-bond donors (Lipinski definition) is 0. The molecular formula is C22H31O7PSSi. The summed E-state index contributed by atoms with van der Waals surface area (Å²) >= 11 is 2.10. The molecule has 1 aliphatic rings. The van der Waals surface area contributed by atoms with Crippen molar-refractivity contribution < 1.29 is 32.4 Å². The molecule has 176 valence electrons. The molecule has 1 saturated heterocycles. The van der Waals surface area contributed by atoms with Gasteiger partial charge in [0.05, 0.1) is 27.8 Å². The van der Waals surface area contributed by atoms with E-state index >= 15 is 0 Å². The summed E-state index contributed by atoms with van der Waals surface area (Å²) in [7, 11) is -3.71. The number of phosphoric acid groups is 1. The van der Waals surface area contributed by atoms with Crippen molar-refractivity contribution in [2.45, 2.75) is 45.4 Å². The average Bonchev–Trinajstić information content (AvgIpc) is 3.15. The Balaban J connectivity index is 1.55. The van der Waals surface area contributed by atoms with Gasteiger partial charge in [0.15, 0.2) is 0 Å². The highest BCUT2D eigenvalue weighted by Gasteiger charge is 2.41. The molecule has 3 atom stereocenters. The zero-order valence-electron chi connectivity index (χ0n) is 18.8. The van der Waals surface area contributed by atoms with Gasteiger partial charge in [-0.25, -0.2) is 9.09 Å². The number of hydrogen-bond acceptors (Lipinski definition) is 8. The van der Waals surface area contributed by atoms with E-state index < -0.39 is 26.0 Å². The molecule has 10 heteroatoms. The molecular weight excluding hydrogens is 467 g/mol. The van der Waals surface area contributed by atoms with E-state index in [-0.39, 0.29) is 21.9 Å². The van der Waals surface area contributed by atoms with Gasteiger partial charge in [0.2, 0.25) is 6.29 Å². The maximum atomic E-state index is 12.6. The van der Waals surface area contributed by atoms with Crippen molar-refractivity contribution in [3.63, 3.8) is 0 Å². The Morgan fingerprint density at radius 3 is 2.81 bits per heavy atom. The Labute approximate surface area is 195 Å². The van der Waals surface area contributed by atoms with Crippen LogP contribution in [0.5, 0.6) is 5.75 Å². The molecule has 0 aromatic heterocycles. The van der Waals surface area contributed by atoms with E-state index in [0.717, 1.165) is 34.7 Å².